The van der Waals surface area contributed by atoms with Gasteiger partial charge in [-0.15, -0.1) is 24.8 Å². The number of carbonyl (C=O) groups excluding carboxylic acids is 1. The number of nitrogens with one attached hydrogen (secondary N) is 1. The average Bonchev–Trinajstić information content (AvgIpc) is 2.55. The van der Waals surface area contributed by atoms with Crippen LogP contribution in [0.15, 0.2) is 24.3 Å². The van der Waals surface area contributed by atoms with Crippen molar-refractivity contribution in [3.05, 3.63) is 29.8 Å². The highest BCUT2D eigenvalue weighted by molar-refractivity contribution is 7.89. The van der Waals surface area contributed by atoms with Crippen LogP contribution in [0.1, 0.15) is 12.0 Å². The molecule has 7 nitrogen and oxygen atoms in total. The molecule has 0 saturated carbocycles. The van der Waals surface area contributed by atoms with Gasteiger partial charge in [-0.2, -0.15) is 4.31 Å². The molecule has 0 unspecified atom stereocenters. The Balaban J connectivity index is 0.00000312. The molecule has 1 fully saturated rings. The molecule has 1 aromatic carbocycles. The summed E-state index contributed by atoms with van der Waals surface area (Å²) in [5, 5.41) is 2.58. The van der Waals surface area contributed by atoms with Gasteiger partial charge in [0.1, 0.15) is 5.75 Å². The minimum absolute atomic E-state index is 0. The maximum Gasteiger partial charge on any atom is 0.236 e. The number of sulfonamides is 1. The number of hydrogen-bond donors (Lipinski definition) is 2. The molecule has 10 heteroatoms. The molecule has 1 aliphatic rings. The molecular weight excluding hydrogens is 399 g/mol. The fourth-order valence-electron chi connectivity index (χ4n) is 2.69. The normalized spacial score (nSPS) is 14.9. The lowest BCUT2D eigenvalue weighted by Gasteiger charge is -2.35. The van der Waals surface area contributed by atoms with Gasteiger partial charge in [0.05, 0.1) is 0 Å². The Morgan fingerprint density at radius 3 is 2.42 bits per heavy atom. The van der Waals surface area contributed by atoms with E-state index in [0.717, 1.165) is 5.69 Å². The molecule has 150 valence electrons. The molecule has 0 spiro atoms. The molecule has 0 atom stereocenters. The standard InChI is InChI=1S/C16H26N4O3S.2ClH/c1-14-4-2-5-15(12-14)19-8-10-20(11-9-19)24(22,23)13-16(21)18-7-3-6-17;;/h2,4-5,12H,3,6-11,13,17H2,1H3,(H,18,21);2*1H. The molecule has 2 rings (SSSR count). The largest absolute Gasteiger partial charge is 0.369 e. The van der Waals surface area contributed by atoms with E-state index in [0.29, 0.717) is 45.7 Å². The van der Waals surface area contributed by atoms with Crippen LogP contribution in [0.4, 0.5) is 5.69 Å². The molecular formula is C16H28Cl2N4O3S. The summed E-state index contributed by atoms with van der Waals surface area (Å²) in [6.45, 7) is 4.95. The molecule has 1 aromatic rings. The van der Waals surface area contributed by atoms with Crippen LogP contribution in [0.3, 0.4) is 0 Å². The van der Waals surface area contributed by atoms with E-state index in [2.05, 4.69) is 16.3 Å². The van der Waals surface area contributed by atoms with E-state index in [9.17, 15) is 13.2 Å². The first-order chi connectivity index (χ1) is 11.4. The number of aryl methyl sites for hydroxylation is 1. The highest BCUT2D eigenvalue weighted by Crippen LogP contribution is 2.18. The van der Waals surface area contributed by atoms with Crippen LogP contribution in [0.25, 0.3) is 0 Å². The second-order valence-corrected chi connectivity index (χ2v) is 7.94. The number of carbonyl (C=O) groups is 1. The molecule has 0 aliphatic carbocycles. The number of halogens is 2. The van der Waals surface area contributed by atoms with Gasteiger partial charge in [0.25, 0.3) is 0 Å². The number of amides is 1. The van der Waals surface area contributed by atoms with Crippen molar-refractivity contribution in [2.24, 2.45) is 5.73 Å². The van der Waals surface area contributed by atoms with Crippen LogP contribution >= 0.6 is 24.8 Å². The van der Waals surface area contributed by atoms with Crippen LogP contribution < -0.4 is 16.0 Å². The quantitative estimate of drug-likeness (QED) is 0.627. The maximum atomic E-state index is 12.3. The maximum absolute atomic E-state index is 12.3. The summed E-state index contributed by atoms with van der Waals surface area (Å²) in [6.07, 6.45) is 0.640. The van der Waals surface area contributed by atoms with E-state index < -0.39 is 21.7 Å². The van der Waals surface area contributed by atoms with Crippen LogP contribution in [-0.4, -0.2) is 63.7 Å². The highest BCUT2D eigenvalue weighted by atomic mass is 35.5. The molecule has 3 N–H and O–H groups in total. The predicted octanol–water partition coefficient (Wildman–Crippen LogP) is 0.755. The van der Waals surface area contributed by atoms with Crippen molar-refractivity contribution in [3.8, 4) is 0 Å². The second-order valence-electron chi connectivity index (χ2n) is 5.97. The zero-order valence-corrected chi connectivity index (χ0v) is 17.3. The molecule has 1 aliphatic heterocycles. The van der Waals surface area contributed by atoms with Crippen LogP contribution in [0.2, 0.25) is 0 Å². The Bertz CT molecular complexity index is 665. The van der Waals surface area contributed by atoms with Crippen molar-refractivity contribution >= 4 is 46.4 Å². The first-order valence-corrected chi connectivity index (χ1v) is 9.79. The van der Waals surface area contributed by atoms with Gasteiger partial charge in [0.2, 0.25) is 15.9 Å². The van der Waals surface area contributed by atoms with Crippen molar-refractivity contribution in [2.75, 3.05) is 49.9 Å². The second kappa shape index (κ2) is 11.6. The van der Waals surface area contributed by atoms with E-state index in [4.69, 9.17) is 5.73 Å². The summed E-state index contributed by atoms with van der Waals surface area (Å²) in [6, 6.07) is 8.16. The Morgan fingerprint density at radius 2 is 1.85 bits per heavy atom. The molecule has 1 saturated heterocycles. The van der Waals surface area contributed by atoms with E-state index in [1.54, 1.807) is 0 Å². The molecule has 0 aromatic heterocycles. The lowest BCUT2D eigenvalue weighted by molar-refractivity contribution is -0.118. The predicted molar refractivity (Wildman–Crippen MR) is 110 cm³/mol. The topological polar surface area (TPSA) is 95.7 Å². The van der Waals surface area contributed by atoms with Crippen molar-refractivity contribution in [1.29, 1.82) is 0 Å². The molecule has 1 heterocycles. The van der Waals surface area contributed by atoms with Crippen molar-refractivity contribution in [1.82, 2.24) is 9.62 Å². The van der Waals surface area contributed by atoms with Gasteiger partial charge in [0, 0.05) is 38.4 Å². The summed E-state index contributed by atoms with van der Waals surface area (Å²) in [5.41, 5.74) is 7.63. The lowest BCUT2D eigenvalue weighted by atomic mass is 10.2. The Labute approximate surface area is 168 Å². The fraction of sp³-hybridized carbons (Fsp3) is 0.562. The fourth-order valence-corrected chi connectivity index (χ4v) is 4.02. The third-order valence-electron chi connectivity index (χ3n) is 4.02. The molecule has 26 heavy (non-hydrogen) atoms. The summed E-state index contributed by atoms with van der Waals surface area (Å²) < 4.78 is 26.1. The van der Waals surface area contributed by atoms with Crippen molar-refractivity contribution in [3.63, 3.8) is 0 Å². The van der Waals surface area contributed by atoms with E-state index in [-0.39, 0.29) is 24.8 Å². The summed E-state index contributed by atoms with van der Waals surface area (Å²) in [7, 11) is -3.57. The number of benzene rings is 1. The van der Waals surface area contributed by atoms with Gasteiger partial charge in [0.15, 0.2) is 0 Å². The van der Waals surface area contributed by atoms with Crippen LogP contribution in [0.5, 0.6) is 0 Å². The van der Waals surface area contributed by atoms with Gasteiger partial charge in [-0.3, -0.25) is 4.79 Å². The monoisotopic (exact) mass is 426 g/mol. The van der Waals surface area contributed by atoms with E-state index >= 15 is 0 Å². The minimum atomic E-state index is -3.57. The lowest BCUT2D eigenvalue weighted by Crippen LogP contribution is -2.50. The van der Waals surface area contributed by atoms with Crippen LogP contribution in [-0.2, 0) is 14.8 Å². The van der Waals surface area contributed by atoms with Crippen molar-refractivity contribution in [2.45, 2.75) is 13.3 Å². The zero-order valence-electron chi connectivity index (χ0n) is 14.9. The van der Waals surface area contributed by atoms with Gasteiger partial charge < -0.3 is 16.0 Å². The third-order valence-corrected chi connectivity index (χ3v) is 5.79. The number of hydrogen-bond acceptors (Lipinski definition) is 5. The van der Waals surface area contributed by atoms with Gasteiger partial charge in [-0.25, -0.2) is 8.42 Å². The highest BCUT2D eigenvalue weighted by Gasteiger charge is 2.28. The van der Waals surface area contributed by atoms with Gasteiger partial charge >= 0.3 is 0 Å². The number of nitrogens with two attached hydrogens (primary N) is 1. The van der Waals surface area contributed by atoms with Gasteiger partial charge in [-0.05, 0) is 37.6 Å². The average molecular weight is 427 g/mol. The van der Waals surface area contributed by atoms with Crippen LogP contribution in [0, 0.1) is 6.92 Å². The SMILES string of the molecule is Cc1cccc(N2CCN(S(=O)(=O)CC(=O)NCCCN)CC2)c1.Cl.Cl. The Kier molecular flexibility index (Phi) is 11.1. The smallest absolute Gasteiger partial charge is 0.236 e. The Hall–Kier alpha value is -1.06. The number of piperazine rings is 1. The van der Waals surface area contributed by atoms with E-state index in [1.165, 1.54) is 9.87 Å². The van der Waals surface area contributed by atoms with Gasteiger partial charge in [-0.1, -0.05) is 12.1 Å². The first-order valence-electron chi connectivity index (χ1n) is 8.18. The minimum Gasteiger partial charge on any atom is -0.369 e. The number of anilines is 1. The summed E-state index contributed by atoms with van der Waals surface area (Å²) >= 11 is 0. The Morgan fingerprint density at radius 1 is 1.19 bits per heavy atom. The summed E-state index contributed by atoms with van der Waals surface area (Å²) in [5.74, 6) is -0.966. The molecule has 0 bridgehead atoms. The summed E-state index contributed by atoms with van der Waals surface area (Å²) in [4.78, 5) is 13.9. The number of nitrogens with zero attached hydrogens (tertiary/aromatic N) is 2. The third kappa shape index (κ3) is 7.28. The van der Waals surface area contributed by atoms with Crippen molar-refractivity contribution < 1.29 is 13.2 Å². The molecule has 0 radical (unpaired) electrons. The number of rotatable bonds is 7. The van der Waals surface area contributed by atoms with E-state index in [1.807, 2.05) is 25.1 Å². The zero-order chi connectivity index (χ0) is 17.6. The molecule has 1 amide bonds. The first kappa shape index (κ1) is 24.9.